The van der Waals surface area contributed by atoms with Crippen LogP contribution in [0, 0.1) is 27.7 Å². The number of ether oxygens (including phenoxy) is 1. The molecule has 1 heterocycles. The van der Waals surface area contributed by atoms with Crippen LogP contribution in [0.25, 0.3) is 0 Å². The second kappa shape index (κ2) is 13.7. The number of nitrogens with zero attached hydrogens (tertiary/aromatic N) is 2. The maximum atomic E-state index is 13.9. The third-order valence-corrected chi connectivity index (χ3v) is 13.8. The number of anilines is 1. The average molecular weight is 659 g/mol. The zero-order valence-electron chi connectivity index (χ0n) is 27.3. The van der Waals surface area contributed by atoms with Crippen LogP contribution in [-0.2, 0) is 15.8 Å². The average Bonchev–Trinajstić information content (AvgIpc) is 3.03. The van der Waals surface area contributed by atoms with E-state index in [0.29, 0.717) is 29.8 Å². The summed E-state index contributed by atoms with van der Waals surface area (Å²) in [5.41, 5.74) is 2.71. The Kier molecular flexibility index (Phi) is 9.93. The van der Waals surface area contributed by atoms with Gasteiger partial charge in [-0.15, -0.1) is 0 Å². The molecule has 0 saturated carbocycles. The molecule has 5 rings (SSSR count). The lowest BCUT2D eigenvalue weighted by Crippen LogP contribution is -2.55. The van der Waals surface area contributed by atoms with Crippen molar-refractivity contribution in [1.82, 2.24) is 0 Å². The van der Waals surface area contributed by atoms with Crippen LogP contribution in [0.2, 0.25) is 18.1 Å². The molecule has 0 bridgehead atoms. The number of halogens is 2. The number of non-ortho nitro benzene ring substituents is 1. The van der Waals surface area contributed by atoms with Gasteiger partial charge in [-0.05, 0) is 84.6 Å². The second-order valence-corrected chi connectivity index (χ2v) is 18.2. The highest BCUT2D eigenvalue weighted by molar-refractivity contribution is 6.74. The minimum absolute atomic E-state index is 0.0801. The van der Waals surface area contributed by atoms with Crippen molar-refractivity contribution in [3.05, 3.63) is 136 Å². The van der Waals surface area contributed by atoms with Crippen molar-refractivity contribution in [1.29, 1.82) is 0 Å². The van der Waals surface area contributed by atoms with Crippen molar-refractivity contribution in [2.45, 2.75) is 70.5 Å². The summed E-state index contributed by atoms with van der Waals surface area (Å²) < 4.78 is 40.9. The quantitative estimate of drug-likeness (QED) is 0.0655. The normalized spacial score (nSPS) is 17.3. The summed E-state index contributed by atoms with van der Waals surface area (Å²) in [6.45, 7) is 10.9. The molecule has 0 aromatic heterocycles. The maximum absolute atomic E-state index is 13.9. The van der Waals surface area contributed by atoms with Crippen LogP contribution in [0.15, 0.2) is 97.1 Å². The number of nitro benzene ring substituents is 1. The van der Waals surface area contributed by atoms with Crippen LogP contribution in [0.4, 0.5) is 20.2 Å². The number of β-lactam (4-membered cyclic amide) rings is 1. The smallest absolute Gasteiger partial charge is 0.273 e. The zero-order chi connectivity index (χ0) is 33.9. The summed E-state index contributed by atoms with van der Waals surface area (Å²) in [7, 11) is -2.28. The molecule has 1 aliphatic rings. The first-order chi connectivity index (χ1) is 22.2. The van der Waals surface area contributed by atoms with Crippen molar-refractivity contribution in [2.75, 3.05) is 4.90 Å². The predicted molar refractivity (Wildman–Crippen MR) is 181 cm³/mol. The Morgan fingerprint density at radius 2 is 1.53 bits per heavy atom. The molecule has 4 aromatic carbocycles. The van der Waals surface area contributed by atoms with E-state index in [0.717, 1.165) is 11.1 Å². The first kappa shape index (κ1) is 33.9. The van der Waals surface area contributed by atoms with E-state index >= 15 is 0 Å². The van der Waals surface area contributed by atoms with E-state index in [-0.39, 0.29) is 35.2 Å². The summed E-state index contributed by atoms with van der Waals surface area (Å²) in [6.07, 6.45) is 0.526. The van der Waals surface area contributed by atoms with Gasteiger partial charge in [0.2, 0.25) is 5.91 Å². The molecule has 0 aliphatic carbocycles. The van der Waals surface area contributed by atoms with Crippen LogP contribution in [0.5, 0.6) is 5.75 Å². The van der Waals surface area contributed by atoms with Crippen LogP contribution >= 0.6 is 0 Å². The summed E-state index contributed by atoms with van der Waals surface area (Å²) in [5, 5.41) is 11.7. The Hall–Kier alpha value is -4.41. The first-order valence-corrected chi connectivity index (χ1v) is 18.6. The highest BCUT2D eigenvalue weighted by Gasteiger charge is 2.50. The van der Waals surface area contributed by atoms with Crippen molar-refractivity contribution in [3.8, 4) is 5.75 Å². The summed E-state index contributed by atoms with van der Waals surface area (Å²) in [5.74, 6) is -1.15. The molecule has 7 nitrogen and oxygen atoms in total. The number of carbonyl (C=O) groups excluding carboxylic acids is 1. The molecular weight excluding hydrogens is 618 g/mol. The molecule has 0 radical (unpaired) electrons. The Bertz CT molecular complexity index is 1710. The van der Waals surface area contributed by atoms with E-state index < -0.39 is 31.0 Å². The molecule has 246 valence electrons. The molecule has 1 amide bonds. The standard InChI is InChI=1S/C37H40F2N2O5Si/c1-37(2,3)47(4,5)46-33(26-11-13-27(38)14-12-26)22-21-32-35(40(36(32)42)29-17-15-28(39)16-18-29)31-20-19-30(41(43)44)23-34(31)45-24-25-9-7-6-8-10-25/h6-20,23,32-33,35H,21-22,24H2,1-5H3. The summed E-state index contributed by atoms with van der Waals surface area (Å²) >= 11 is 0. The van der Waals surface area contributed by atoms with E-state index in [1.165, 1.54) is 36.4 Å². The number of amides is 1. The van der Waals surface area contributed by atoms with Gasteiger partial charge in [-0.3, -0.25) is 14.9 Å². The van der Waals surface area contributed by atoms with Gasteiger partial charge in [-0.1, -0.05) is 63.2 Å². The van der Waals surface area contributed by atoms with Crippen LogP contribution in [0.1, 0.15) is 62.4 Å². The number of benzene rings is 4. The fourth-order valence-electron chi connectivity index (χ4n) is 5.65. The lowest BCUT2D eigenvalue weighted by molar-refractivity contribution is -0.385. The molecule has 4 aromatic rings. The number of hydrogen-bond acceptors (Lipinski definition) is 5. The zero-order valence-corrected chi connectivity index (χ0v) is 28.3. The molecule has 1 saturated heterocycles. The topological polar surface area (TPSA) is 81.9 Å². The van der Waals surface area contributed by atoms with Gasteiger partial charge < -0.3 is 14.1 Å². The van der Waals surface area contributed by atoms with Gasteiger partial charge in [0.1, 0.15) is 24.0 Å². The van der Waals surface area contributed by atoms with Crippen LogP contribution < -0.4 is 9.64 Å². The fraction of sp³-hybridized carbons (Fsp3) is 0.324. The Morgan fingerprint density at radius 1 is 0.915 bits per heavy atom. The molecule has 1 fully saturated rings. The largest absolute Gasteiger partial charge is 0.488 e. The molecule has 0 N–H and O–H groups in total. The van der Waals surface area contributed by atoms with Crippen molar-refractivity contribution in [2.24, 2.45) is 5.92 Å². The van der Waals surface area contributed by atoms with Gasteiger partial charge in [-0.25, -0.2) is 8.78 Å². The minimum Gasteiger partial charge on any atom is -0.488 e. The minimum atomic E-state index is -2.28. The molecular formula is C37H40F2N2O5Si. The molecule has 1 aliphatic heterocycles. The lowest BCUT2D eigenvalue weighted by Gasteiger charge is -2.48. The Labute approximate surface area is 275 Å². The van der Waals surface area contributed by atoms with Gasteiger partial charge in [0.25, 0.3) is 5.69 Å². The van der Waals surface area contributed by atoms with Crippen LogP contribution in [-0.4, -0.2) is 19.1 Å². The third-order valence-electron chi connectivity index (χ3n) is 9.31. The van der Waals surface area contributed by atoms with Gasteiger partial charge in [0.05, 0.1) is 29.1 Å². The SMILES string of the molecule is CC(C)(C)[Si](C)(C)OC(CCC1C(=O)N(c2ccc(F)cc2)C1c1ccc([N+](=O)[O-])cc1OCc1ccccc1)c1ccc(F)cc1. The lowest BCUT2D eigenvalue weighted by atomic mass is 9.78. The molecule has 0 spiro atoms. The fourth-order valence-corrected chi connectivity index (χ4v) is 6.97. The summed E-state index contributed by atoms with van der Waals surface area (Å²) in [4.78, 5) is 26.8. The number of carbonyl (C=O) groups is 1. The van der Waals surface area contributed by atoms with Gasteiger partial charge in [-0.2, -0.15) is 0 Å². The number of hydrogen-bond donors (Lipinski definition) is 0. The summed E-state index contributed by atoms with van der Waals surface area (Å²) in [6, 6.07) is 25.3. The van der Waals surface area contributed by atoms with E-state index in [1.807, 2.05) is 30.3 Å². The highest BCUT2D eigenvalue weighted by Crippen LogP contribution is 2.50. The molecule has 10 heteroatoms. The Morgan fingerprint density at radius 3 is 2.13 bits per heavy atom. The molecule has 3 unspecified atom stereocenters. The van der Waals surface area contributed by atoms with Gasteiger partial charge in [0.15, 0.2) is 8.32 Å². The molecule has 3 atom stereocenters. The number of nitro groups is 1. The maximum Gasteiger partial charge on any atom is 0.273 e. The first-order valence-electron chi connectivity index (χ1n) is 15.7. The van der Waals surface area contributed by atoms with Crippen molar-refractivity contribution >= 4 is 25.6 Å². The Balaban J connectivity index is 1.51. The predicted octanol–water partition coefficient (Wildman–Crippen LogP) is 9.70. The van der Waals surface area contributed by atoms with Crippen molar-refractivity contribution in [3.63, 3.8) is 0 Å². The van der Waals surface area contributed by atoms with E-state index in [2.05, 4.69) is 33.9 Å². The van der Waals surface area contributed by atoms with E-state index in [4.69, 9.17) is 9.16 Å². The number of rotatable bonds is 12. The van der Waals surface area contributed by atoms with E-state index in [9.17, 15) is 23.7 Å². The van der Waals surface area contributed by atoms with Crippen molar-refractivity contribution < 1.29 is 27.7 Å². The van der Waals surface area contributed by atoms with Crippen LogP contribution in [0.3, 0.4) is 0 Å². The monoisotopic (exact) mass is 658 g/mol. The second-order valence-electron chi connectivity index (χ2n) is 13.5. The van der Waals surface area contributed by atoms with Gasteiger partial charge >= 0.3 is 0 Å². The van der Waals surface area contributed by atoms with E-state index in [1.54, 1.807) is 35.2 Å². The highest BCUT2D eigenvalue weighted by atomic mass is 28.4. The third kappa shape index (κ3) is 7.60. The molecule has 47 heavy (non-hydrogen) atoms. The van der Waals surface area contributed by atoms with Gasteiger partial charge in [0, 0.05) is 17.3 Å².